The maximum absolute atomic E-state index is 5.47. The van der Waals surface area contributed by atoms with E-state index in [-0.39, 0.29) is 24.0 Å². The van der Waals surface area contributed by atoms with Crippen LogP contribution in [0.2, 0.25) is 0 Å². The molecule has 0 aromatic heterocycles. The second-order valence-electron chi connectivity index (χ2n) is 6.70. The number of nitrogens with one attached hydrogen (secondary N) is 2. The van der Waals surface area contributed by atoms with Crippen LogP contribution >= 0.6 is 24.0 Å². The number of methoxy groups -OCH3 is 1. The predicted molar refractivity (Wildman–Crippen MR) is 116 cm³/mol. The molecule has 7 heteroatoms. The molecule has 1 aliphatic rings. The Morgan fingerprint density at radius 1 is 1.24 bits per heavy atom. The van der Waals surface area contributed by atoms with Crippen molar-refractivity contribution in [1.82, 2.24) is 15.5 Å². The van der Waals surface area contributed by atoms with Crippen molar-refractivity contribution >= 4 is 29.9 Å². The highest BCUT2D eigenvalue weighted by atomic mass is 127. The van der Waals surface area contributed by atoms with Crippen LogP contribution in [0.25, 0.3) is 0 Å². The minimum atomic E-state index is 0. The summed E-state index contributed by atoms with van der Waals surface area (Å²) in [4.78, 5) is 7.36. The smallest absolute Gasteiger partial charge is 0.191 e. The number of rotatable bonds is 11. The molecule has 1 rings (SSSR count). The molecule has 1 unspecified atom stereocenters. The van der Waals surface area contributed by atoms with Crippen LogP contribution in [0.15, 0.2) is 4.99 Å². The lowest BCUT2D eigenvalue weighted by atomic mass is 9.97. The first-order chi connectivity index (χ1) is 11.7. The molecule has 0 spiro atoms. The first-order valence-corrected chi connectivity index (χ1v) is 9.50. The van der Waals surface area contributed by atoms with E-state index in [1.54, 1.807) is 7.11 Å². The molecule has 25 heavy (non-hydrogen) atoms. The number of likely N-dealkylation sites (tertiary alicyclic amines) is 1. The lowest BCUT2D eigenvalue weighted by Crippen LogP contribution is -2.42. The third-order valence-corrected chi connectivity index (χ3v) is 4.32. The van der Waals surface area contributed by atoms with Crippen LogP contribution in [-0.2, 0) is 9.47 Å². The molecule has 0 aromatic rings. The Labute approximate surface area is 171 Å². The van der Waals surface area contributed by atoms with Crippen molar-refractivity contribution in [3.05, 3.63) is 0 Å². The first-order valence-electron chi connectivity index (χ1n) is 9.50. The van der Waals surface area contributed by atoms with Crippen molar-refractivity contribution in [3.8, 4) is 0 Å². The minimum Gasteiger partial charge on any atom is -0.382 e. The molecule has 0 bridgehead atoms. The molecule has 1 heterocycles. The lowest BCUT2D eigenvalue weighted by molar-refractivity contribution is 0.0698. The summed E-state index contributed by atoms with van der Waals surface area (Å²) in [6, 6.07) is 0.640. The summed E-state index contributed by atoms with van der Waals surface area (Å²) >= 11 is 0. The number of ether oxygens (including phenoxy) is 2. The van der Waals surface area contributed by atoms with Gasteiger partial charge in [-0.25, -0.2) is 0 Å². The maximum Gasteiger partial charge on any atom is 0.191 e. The summed E-state index contributed by atoms with van der Waals surface area (Å²) in [6.45, 7) is 13.8. The van der Waals surface area contributed by atoms with Gasteiger partial charge in [0.15, 0.2) is 5.96 Å². The highest BCUT2D eigenvalue weighted by Gasteiger charge is 2.21. The van der Waals surface area contributed by atoms with E-state index in [4.69, 9.17) is 14.5 Å². The van der Waals surface area contributed by atoms with Gasteiger partial charge in [0.2, 0.25) is 0 Å². The molecule has 1 saturated heterocycles. The normalized spacial score (nSPS) is 18.9. The van der Waals surface area contributed by atoms with Gasteiger partial charge in [-0.05, 0) is 52.5 Å². The summed E-state index contributed by atoms with van der Waals surface area (Å²) in [5, 5.41) is 6.73. The molecule has 0 saturated carbocycles. The first kappa shape index (κ1) is 24.9. The second kappa shape index (κ2) is 16.1. The van der Waals surface area contributed by atoms with E-state index in [9.17, 15) is 0 Å². The number of hydrogen-bond donors (Lipinski definition) is 2. The molecule has 1 atom stereocenters. The molecule has 0 aliphatic carbocycles. The van der Waals surface area contributed by atoms with Crippen LogP contribution in [0, 0.1) is 5.92 Å². The average molecular weight is 470 g/mol. The summed E-state index contributed by atoms with van der Waals surface area (Å²) in [6.07, 6.45) is 3.55. The molecular formula is C18H39IN4O2. The van der Waals surface area contributed by atoms with Gasteiger partial charge in [-0.3, -0.25) is 4.99 Å². The fourth-order valence-corrected chi connectivity index (χ4v) is 2.90. The Morgan fingerprint density at radius 3 is 2.72 bits per heavy atom. The molecule has 1 fully saturated rings. The van der Waals surface area contributed by atoms with Crippen molar-refractivity contribution in [1.29, 1.82) is 0 Å². The lowest BCUT2D eigenvalue weighted by Gasteiger charge is -2.34. The third-order valence-electron chi connectivity index (χ3n) is 4.32. The number of nitrogens with zero attached hydrogens (tertiary/aromatic N) is 2. The van der Waals surface area contributed by atoms with Gasteiger partial charge in [-0.2, -0.15) is 0 Å². The number of halogens is 1. The number of piperidine rings is 1. The molecule has 0 radical (unpaired) electrons. The van der Waals surface area contributed by atoms with E-state index in [2.05, 4.69) is 36.3 Å². The monoisotopic (exact) mass is 470 g/mol. The van der Waals surface area contributed by atoms with Crippen LogP contribution < -0.4 is 10.6 Å². The number of guanidine groups is 1. The average Bonchev–Trinajstić information content (AvgIpc) is 2.59. The van der Waals surface area contributed by atoms with Crippen LogP contribution in [0.5, 0.6) is 0 Å². The third kappa shape index (κ3) is 12.0. The molecule has 2 N–H and O–H groups in total. The van der Waals surface area contributed by atoms with Crippen molar-refractivity contribution in [3.63, 3.8) is 0 Å². The van der Waals surface area contributed by atoms with E-state index in [1.165, 1.54) is 25.9 Å². The zero-order valence-electron chi connectivity index (χ0n) is 16.6. The Bertz CT molecular complexity index is 343. The topological polar surface area (TPSA) is 58.1 Å². The van der Waals surface area contributed by atoms with Crippen molar-refractivity contribution in [2.24, 2.45) is 10.9 Å². The maximum atomic E-state index is 5.47. The van der Waals surface area contributed by atoms with Crippen molar-refractivity contribution in [2.45, 2.75) is 46.1 Å². The van der Waals surface area contributed by atoms with Gasteiger partial charge in [-0.1, -0.05) is 0 Å². The highest BCUT2D eigenvalue weighted by Crippen LogP contribution is 2.18. The van der Waals surface area contributed by atoms with Gasteiger partial charge in [0.1, 0.15) is 0 Å². The Hall–Kier alpha value is -0.120. The zero-order chi connectivity index (χ0) is 17.6. The van der Waals surface area contributed by atoms with Gasteiger partial charge < -0.3 is 25.0 Å². The Balaban J connectivity index is 0.00000576. The van der Waals surface area contributed by atoms with E-state index < -0.39 is 0 Å². The van der Waals surface area contributed by atoms with E-state index in [1.807, 2.05) is 0 Å². The molecular weight excluding hydrogens is 431 g/mol. The molecule has 0 aromatic carbocycles. The molecule has 150 valence electrons. The summed E-state index contributed by atoms with van der Waals surface area (Å²) < 4.78 is 10.4. The van der Waals surface area contributed by atoms with Crippen LogP contribution in [0.1, 0.15) is 40.0 Å². The quantitative estimate of drug-likeness (QED) is 0.210. The van der Waals surface area contributed by atoms with Crippen LogP contribution in [0.3, 0.4) is 0 Å². The standard InChI is InChI=1S/C18H38N4O2.HI/c1-5-19-18(20-9-7-11-24-13-12-23-4)21-14-17-8-6-10-22(15-17)16(2)3;/h16-17H,5-15H2,1-4H3,(H2,19,20,21);1H. The van der Waals surface area contributed by atoms with Gasteiger partial charge in [0, 0.05) is 45.9 Å². The predicted octanol–water partition coefficient (Wildman–Crippen LogP) is 2.33. The number of hydrogen-bond acceptors (Lipinski definition) is 4. The largest absolute Gasteiger partial charge is 0.382 e. The van der Waals surface area contributed by atoms with Crippen molar-refractivity contribution in [2.75, 3.05) is 59.7 Å². The van der Waals surface area contributed by atoms with Gasteiger partial charge in [0.05, 0.1) is 13.2 Å². The van der Waals surface area contributed by atoms with E-state index in [0.29, 0.717) is 25.2 Å². The Kier molecular flexibility index (Phi) is 16.0. The molecule has 1 aliphatic heterocycles. The fraction of sp³-hybridized carbons (Fsp3) is 0.944. The summed E-state index contributed by atoms with van der Waals surface area (Å²) in [5.41, 5.74) is 0. The Morgan fingerprint density at radius 2 is 2.04 bits per heavy atom. The van der Waals surface area contributed by atoms with Crippen LogP contribution in [0.4, 0.5) is 0 Å². The van der Waals surface area contributed by atoms with Crippen molar-refractivity contribution < 1.29 is 9.47 Å². The van der Waals surface area contributed by atoms with E-state index >= 15 is 0 Å². The zero-order valence-corrected chi connectivity index (χ0v) is 18.9. The minimum absolute atomic E-state index is 0. The number of aliphatic imine (C=N–C) groups is 1. The van der Waals surface area contributed by atoms with Gasteiger partial charge in [-0.15, -0.1) is 24.0 Å². The summed E-state index contributed by atoms with van der Waals surface area (Å²) in [5.74, 6) is 1.60. The van der Waals surface area contributed by atoms with Gasteiger partial charge >= 0.3 is 0 Å². The highest BCUT2D eigenvalue weighted by molar-refractivity contribution is 14.0. The van der Waals surface area contributed by atoms with Crippen LogP contribution in [-0.4, -0.2) is 76.6 Å². The molecule has 0 amide bonds. The fourth-order valence-electron chi connectivity index (χ4n) is 2.90. The second-order valence-corrected chi connectivity index (χ2v) is 6.70. The van der Waals surface area contributed by atoms with Gasteiger partial charge in [0.25, 0.3) is 0 Å². The summed E-state index contributed by atoms with van der Waals surface area (Å²) in [7, 11) is 1.69. The van der Waals surface area contributed by atoms with E-state index in [0.717, 1.165) is 38.6 Å². The SMILES string of the molecule is CCNC(=NCC1CCCN(C(C)C)C1)NCCCOCCOC.I. The molecule has 6 nitrogen and oxygen atoms in total.